The van der Waals surface area contributed by atoms with E-state index in [9.17, 15) is 28.2 Å². The average molecular weight is 288 g/mol. The molecule has 0 saturated heterocycles. The van der Waals surface area contributed by atoms with Crippen molar-refractivity contribution < 1.29 is 28.2 Å². The number of halogens is 3. The van der Waals surface area contributed by atoms with Gasteiger partial charge in [0.15, 0.2) is 0 Å². The minimum Gasteiger partial charge on any atom is -0.481 e. The lowest BCUT2D eigenvalue weighted by atomic mass is 9.58. The van der Waals surface area contributed by atoms with Crippen LogP contribution in [0.2, 0.25) is 0 Å². The van der Waals surface area contributed by atoms with Crippen molar-refractivity contribution in [3.63, 3.8) is 0 Å². The van der Waals surface area contributed by atoms with Crippen molar-refractivity contribution in [3.05, 3.63) is 35.4 Å². The van der Waals surface area contributed by atoms with Crippen LogP contribution in [0.15, 0.2) is 24.3 Å². The third kappa shape index (κ3) is 2.40. The van der Waals surface area contributed by atoms with Gasteiger partial charge in [-0.05, 0) is 36.5 Å². The highest BCUT2D eigenvalue weighted by atomic mass is 19.4. The molecule has 20 heavy (non-hydrogen) atoms. The number of carbonyl (C=O) groups is 1. The van der Waals surface area contributed by atoms with Crippen molar-refractivity contribution >= 4 is 5.97 Å². The molecule has 2 N–H and O–H groups in total. The first kappa shape index (κ1) is 14.8. The molecule has 1 unspecified atom stereocenters. The first-order valence-electron chi connectivity index (χ1n) is 6.25. The Morgan fingerprint density at radius 3 is 2.15 bits per heavy atom. The zero-order chi connectivity index (χ0) is 15.1. The fourth-order valence-corrected chi connectivity index (χ4v) is 2.77. The monoisotopic (exact) mass is 288 g/mol. The molecule has 0 amide bonds. The van der Waals surface area contributed by atoms with E-state index in [1.54, 1.807) is 6.92 Å². The van der Waals surface area contributed by atoms with Gasteiger partial charge in [0.1, 0.15) is 0 Å². The summed E-state index contributed by atoms with van der Waals surface area (Å²) in [5.41, 5.74) is -1.31. The third-order valence-corrected chi connectivity index (χ3v) is 4.19. The van der Waals surface area contributed by atoms with E-state index in [4.69, 9.17) is 0 Å². The van der Waals surface area contributed by atoms with Crippen molar-refractivity contribution in [1.29, 1.82) is 0 Å². The molecule has 1 aromatic rings. The first-order chi connectivity index (χ1) is 9.17. The lowest BCUT2D eigenvalue weighted by Crippen LogP contribution is -2.50. The van der Waals surface area contributed by atoms with Gasteiger partial charge in [-0.25, -0.2) is 0 Å². The number of hydrogen-bond donors (Lipinski definition) is 2. The lowest BCUT2D eigenvalue weighted by molar-refractivity contribution is -0.165. The Labute approximate surface area is 114 Å². The molecule has 1 atom stereocenters. The molecule has 0 bridgehead atoms. The number of alkyl halides is 3. The van der Waals surface area contributed by atoms with E-state index in [2.05, 4.69) is 0 Å². The molecular weight excluding hydrogens is 273 g/mol. The van der Waals surface area contributed by atoms with E-state index in [1.807, 2.05) is 0 Å². The minimum atomic E-state index is -4.40. The molecule has 3 nitrogen and oxygen atoms in total. The summed E-state index contributed by atoms with van der Waals surface area (Å²) in [4.78, 5) is 11.4. The fraction of sp³-hybridized carbons (Fsp3) is 0.500. The predicted octanol–water partition coefficient (Wildman–Crippen LogP) is 3.03. The van der Waals surface area contributed by atoms with Gasteiger partial charge in [0.2, 0.25) is 0 Å². The van der Waals surface area contributed by atoms with Crippen molar-refractivity contribution in [2.45, 2.75) is 38.0 Å². The average Bonchev–Trinajstić information content (AvgIpc) is 2.32. The van der Waals surface area contributed by atoms with Crippen LogP contribution in [-0.2, 0) is 11.0 Å². The summed E-state index contributed by atoms with van der Waals surface area (Å²) in [6, 6.07) is 4.53. The summed E-state index contributed by atoms with van der Waals surface area (Å²) in [6.07, 6.45) is -4.79. The zero-order valence-electron chi connectivity index (χ0n) is 10.8. The quantitative estimate of drug-likeness (QED) is 0.898. The topological polar surface area (TPSA) is 57.5 Å². The van der Waals surface area contributed by atoms with Gasteiger partial charge in [-0.15, -0.1) is 0 Å². The predicted molar refractivity (Wildman–Crippen MR) is 65.2 cm³/mol. The summed E-state index contributed by atoms with van der Waals surface area (Å²) in [5, 5.41) is 18.7. The Kier molecular flexibility index (Phi) is 3.54. The largest absolute Gasteiger partial charge is 0.481 e. The summed E-state index contributed by atoms with van der Waals surface area (Å²) in [6.45, 7) is 1.67. The van der Waals surface area contributed by atoms with Crippen molar-refractivity contribution in [2.75, 3.05) is 0 Å². The number of carboxylic acid groups (broad SMARTS) is 1. The molecule has 6 heteroatoms. The number of aliphatic carboxylic acids is 1. The second-order valence-corrected chi connectivity index (χ2v) is 5.36. The Morgan fingerprint density at radius 1 is 1.30 bits per heavy atom. The summed E-state index contributed by atoms with van der Waals surface area (Å²) < 4.78 is 37.5. The first-order valence-corrected chi connectivity index (χ1v) is 6.25. The SMILES string of the molecule is CC(c1ccc(C(F)(F)F)cc1)C1(C(=O)O)CC(O)C1. The summed E-state index contributed by atoms with van der Waals surface area (Å²) in [7, 11) is 0. The van der Waals surface area contributed by atoms with Crippen LogP contribution in [0.3, 0.4) is 0 Å². The highest BCUT2D eigenvalue weighted by Crippen LogP contribution is 2.51. The van der Waals surface area contributed by atoms with Crippen molar-refractivity contribution in [2.24, 2.45) is 5.41 Å². The maximum absolute atomic E-state index is 12.5. The lowest BCUT2D eigenvalue weighted by Gasteiger charge is -2.46. The number of benzene rings is 1. The molecule has 0 heterocycles. The van der Waals surface area contributed by atoms with E-state index in [0.717, 1.165) is 12.1 Å². The molecule has 1 fully saturated rings. The number of rotatable bonds is 3. The third-order valence-electron chi connectivity index (χ3n) is 4.19. The van der Waals surface area contributed by atoms with Crippen LogP contribution in [0.25, 0.3) is 0 Å². The van der Waals surface area contributed by atoms with Crippen LogP contribution in [0.1, 0.15) is 36.8 Å². The highest BCUT2D eigenvalue weighted by molar-refractivity contribution is 5.77. The number of aliphatic hydroxyl groups is 1. The minimum absolute atomic E-state index is 0.129. The highest BCUT2D eigenvalue weighted by Gasteiger charge is 2.54. The molecule has 1 aliphatic carbocycles. The van der Waals surface area contributed by atoms with Gasteiger partial charge in [0, 0.05) is 0 Å². The number of hydrogen-bond acceptors (Lipinski definition) is 2. The molecule has 0 aliphatic heterocycles. The molecule has 0 radical (unpaired) electrons. The van der Waals surface area contributed by atoms with Gasteiger partial charge in [-0.2, -0.15) is 13.2 Å². The zero-order valence-corrected chi connectivity index (χ0v) is 10.8. The second kappa shape index (κ2) is 4.77. The van der Waals surface area contributed by atoms with Crippen LogP contribution in [0.5, 0.6) is 0 Å². The maximum Gasteiger partial charge on any atom is 0.416 e. The van der Waals surface area contributed by atoms with Crippen LogP contribution in [0.4, 0.5) is 13.2 Å². The molecule has 0 aromatic heterocycles. The van der Waals surface area contributed by atoms with Gasteiger partial charge >= 0.3 is 12.1 Å². The van der Waals surface area contributed by atoms with E-state index >= 15 is 0 Å². The molecule has 0 spiro atoms. The van der Waals surface area contributed by atoms with E-state index in [1.165, 1.54) is 12.1 Å². The standard InChI is InChI=1S/C14H15F3O3/c1-8(13(12(19)20)6-11(18)7-13)9-2-4-10(5-3-9)14(15,16)17/h2-5,8,11,18H,6-7H2,1H3,(H,19,20). The molecule has 2 rings (SSSR count). The van der Waals surface area contributed by atoms with E-state index in [0.29, 0.717) is 5.56 Å². The van der Waals surface area contributed by atoms with Crippen LogP contribution in [0, 0.1) is 5.41 Å². The Morgan fingerprint density at radius 2 is 1.80 bits per heavy atom. The maximum atomic E-state index is 12.5. The van der Waals surface area contributed by atoms with E-state index < -0.39 is 35.1 Å². The van der Waals surface area contributed by atoms with E-state index in [-0.39, 0.29) is 12.8 Å². The van der Waals surface area contributed by atoms with Crippen molar-refractivity contribution in [1.82, 2.24) is 0 Å². The van der Waals surface area contributed by atoms with Gasteiger partial charge in [0.25, 0.3) is 0 Å². The van der Waals surface area contributed by atoms with Gasteiger partial charge in [0.05, 0.1) is 17.1 Å². The molecule has 1 saturated carbocycles. The summed E-state index contributed by atoms with van der Waals surface area (Å²) >= 11 is 0. The smallest absolute Gasteiger partial charge is 0.416 e. The van der Waals surface area contributed by atoms with Crippen LogP contribution in [-0.4, -0.2) is 22.3 Å². The Bertz CT molecular complexity index is 501. The molecule has 110 valence electrons. The van der Waals surface area contributed by atoms with Crippen LogP contribution < -0.4 is 0 Å². The van der Waals surface area contributed by atoms with Gasteiger partial charge in [-0.3, -0.25) is 4.79 Å². The van der Waals surface area contributed by atoms with Gasteiger partial charge in [-0.1, -0.05) is 19.1 Å². The van der Waals surface area contributed by atoms with Gasteiger partial charge < -0.3 is 10.2 Å². The Balaban J connectivity index is 2.25. The number of carboxylic acids is 1. The molecule has 1 aromatic carbocycles. The number of aliphatic hydroxyl groups excluding tert-OH is 1. The molecular formula is C14H15F3O3. The van der Waals surface area contributed by atoms with Crippen molar-refractivity contribution in [3.8, 4) is 0 Å². The van der Waals surface area contributed by atoms with Crippen LogP contribution >= 0.6 is 0 Å². The normalized spacial score (nSPS) is 27.8. The Hall–Kier alpha value is -1.56. The molecule has 1 aliphatic rings. The fourth-order valence-electron chi connectivity index (χ4n) is 2.77. The summed E-state index contributed by atoms with van der Waals surface area (Å²) in [5.74, 6) is -1.47. The second-order valence-electron chi connectivity index (χ2n) is 5.36.